The summed E-state index contributed by atoms with van der Waals surface area (Å²) in [5.41, 5.74) is 1.63. The predicted molar refractivity (Wildman–Crippen MR) is 90.0 cm³/mol. The number of fused-ring (bicyclic) bond motifs is 1. The summed E-state index contributed by atoms with van der Waals surface area (Å²) >= 11 is 0. The smallest absolute Gasteiger partial charge is 0.257 e. The van der Waals surface area contributed by atoms with Crippen LogP contribution in [-0.4, -0.2) is 59.3 Å². The van der Waals surface area contributed by atoms with Crippen molar-refractivity contribution in [3.8, 4) is 0 Å². The number of carbonyl (C=O) groups is 1. The number of carbonyl (C=O) groups excluding carboxylic acids is 1. The first-order valence-corrected chi connectivity index (χ1v) is 8.36. The standard InChI is InChI=1S/C17H24N4O3/c1-4-17(3,21-5-7-23-8-6-21)11-19-15(22)13-9-14-12(2)20-24-16(14)18-10-13/h9-10H,4-8,11H2,1-3H3,(H,19,22)/t17-/m1/s1. The maximum atomic E-state index is 12.5. The van der Waals surface area contributed by atoms with Gasteiger partial charge in [-0.2, -0.15) is 0 Å². The molecule has 2 aromatic heterocycles. The molecule has 0 aromatic carbocycles. The monoisotopic (exact) mass is 332 g/mol. The molecule has 1 aliphatic heterocycles. The summed E-state index contributed by atoms with van der Waals surface area (Å²) < 4.78 is 10.5. The van der Waals surface area contributed by atoms with Crippen molar-refractivity contribution in [2.75, 3.05) is 32.8 Å². The Morgan fingerprint density at radius 1 is 1.42 bits per heavy atom. The van der Waals surface area contributed by atoms with Gasteiger partial charge in [-0.15, -0.1) is 0 Å². The summed E-state index contributed by atoms with van der Waals surface area (Å²) in [4.78, 5) is 19.1. The number of hydrogen-bond acceptors (Lipinski definition) is 6. The van der Waals surface area contributed by atoms with Gasteiger partial charge in [-0.1, -0.05) is 12.1 Å². The van der Waals surface area contributed by atoms with Crippen molar-refractivity contribution in [1.29, 1.82) is 0 Å². The molecule has 0 radical (unpaired) electrons. The number of ether oxygens (including phenoxy) is 1. The molecule has 0 bridgehead atoms. The first-order chi connectivity index (χ1) is 11.5. The van der Waals surface area contributed by atoms with Gasteiger partial charge in [-0.25, -0.2) is 4.98 Å². The zero-order valence-electron chi connectivity index (χ0n) is 14.5. The number of morpholine rings is 1. The Bertz CT molecular complexity index is 724. The SMILES string of the molecule is CC[C@](C)(CNC(=O)c1cnc2onc(C)c2c1)N1CCOCC1. The van der Waals surface area contributed by atoms with Gasteiger partial charge in [-0.05, 0) is 26.3 Å². The van der Waals surface area contributed by atoms with E-state index in [0.717, 1.165) is 43.8 Å². The van der Waals surface area contributed by atoms with Gasteiger partial charge in [0.25, 0.3) is 11.6 Å². The average Bonchev–Trinajstić information content (AvgIpc) is 3.00. The molecule has 3 rings (SSSR count). The fourth-order valence-electron chi connectivity index (χ4n) is 3.01. The molecule has 1 aliphatic rings. The quantitative estimate of drug-likeness (QED) is 0.899. The van der Waals surface area contributed by atoms with Crippen molar-refractivity contribution in [2.45, 2.75) is 32.7 Å². The molecular weight excluding hydrogens is 308 g/mol. The highest BCUT2D eigenvalue weighted by Crippen LogP contribution is 2.21. The predicted octanol–water partition coefficient (Wildman–Crippen LogP) is 1.76. The van der Waals surface area contributed by atoms with Crippen molar-refractivity contribution < 1.29 is 14.1 Å². The second-order valence-electron chi connectivity index (χ2n) is 6.48. The molecule has 1 N–H and O–H groups in total. The van der Waals surface area contributed by atoms with E-state index >= 15 is 0 Å². The minimum absolute atomic E-state index is 0.0793. The fourth-order valence-corrected chi connectivity index (χ4v) is 3.01. The molecule has 130 valence electrons. The number of aryl methyl sites for hydroxylation is 1. The topological polar surface area (TPSA) is 80.5 Å². The molecule has 7 heteroatoms. The Hall–Kier alpha value is -1.99. The van der Waals surface area contributed by atoms with E-state index in [1.165, 1.54) is 6.20 Å². The van der Waals surface area contributed by atoms with Crippen LogP contribution in [0, 0.1) is 6.92 Å². The maximum Gasteiger partial charge on any atom is 0.257 e. The summed E-state index contributed by atoms with van der Waals surface area (Å²) in [5, 5.41) is 7.69. The first kappa shape index (κ1) is 16.9. The van der Waals surface area contributed by atoms with Crippen LogP contribution in [0.25, 0.3) is 11.1 Å². The average molecular weight is 332 g/mol. The second kappa shape index (κ2) is 6.86. The van der Waals surface area contributed by atoms with Crippen LogP contribution in [0.15, 0.2) is 16.8 Å². The van der Waals surface area contributed by atoms with Crippen LogP contribution in [0.5, 0.6) is 0 Å². The lowest BCUT2D eigenvalue weighted by molar-refractivity contribution is -0.0169. The molecule has 2 aromatic rings. The lowest BCUT2D eigenvalue weighted by atomic mass is 9.95. The van der Waals surface area contributed by atoms with Crippen molar-refractivity contribution in [3.05, 3.63) is 23.5 Å². The molecule has 0 saturated carbocycles. The van der Waals surface area contributed by atoms with Crippen LogP contribution in [0.4, 0.5) is 0 Å². The van der Waals surface area contributed by atoms with Crippen molar-refractivity contribution >= 4 is 17.0 Å². The number of pyridine rings is 1. The second-order valence-corrected chi connectivity index (χ2v) is 6.48. The van der Waals surface area contributed by atoms with E-state index in [2.05, 4.69) is 34.2 Å². The molecule has 1 atom stereocenters. The van der Waals surface area contributed by atoms with Gasteiger partial charge in [0.15, 0.2) is 0 Å². The third-order valence-electron chi connectivity index (χ3n) is 4.94. The van der Waals surface area contributed by atoms with Gasteiger partial charge in [-0.3, -0.25) is 9.69 Å². The van der Waals surface area contributed by atoms with Gasteiger partial charge in [0.2, 0.25) is 0 Å². The minimum Gasteiger partial charge on any atom is -0.379 e. The highest BCUT2D eigenvalue weighted by atomic mass is 16.5. The van der Waals surface area contributed by atoms with Crippen LogP contribution >= 0.6 is 0 Å². The van der Waals surface area contributed by atoms with E-state index in [9.17, 15) is 4.79 Å². The van der Waals surface area contributed by atoms with Crippen LogP contribution in [0.1, 0.15) is 36.3 Å². The lowest BCUT2D eigenvalue weighted by Crippen LogP contribution is -2.56. The summed E-state index contributed by atoms with van der Waals surface area (Å²) in [5.74, 6) is -0.127. The van der Waals surface area contributed by atoms with E-state index in [-0.39, 0.29) is 11.4 Å². The van der Waals surface area contributed by atoms with Gasteiger partial charge < -0.3 is 14.6 Å². The molecule has 1 amide bonds. The molecule has 1 saturated heterocycles. The zero-order chi connectivity index (χ0) is 17.2. The van der Waals surface area contributed by atoms with E-state index in [0.29, 0.717) is 17.8 Å². The number of nitrogens with one attached hydrogen (secondary N) is 1. The highest BCUT2D eigenvalue weighted by molar-refractivity contribution is 5.97. The van der Waals surface area contributed by atoms with Gasteiger partial charge in [0, 0.05) is 31.4 Å². The normalized spacial score (nSPS) is 18.5. The Labute approximate surface area is 141 Å². The Kier molecular flexibility index (Phi) is 4.82. The van der Waals surface area contributed by atoms with E-state index in [1.54, 1.807) is 6.07 Å². The summed E-state index contributed by atoms with van der Waals surface area (Å²) in [7, 11) is 0. The molecule has 0 spiro atoms. The lowest BCUT2D eigenvalue weighted by Gasteiger charge is -2.43. The Morgan fingerprint density at radius 2 is 2.17 bits per heavy atom. The molecule has 1 fully saturated rings. The minimum atomic E-state index is -0.127. The summed E-state index contributed by atoms with van der Waals surface area (Å²) in [6, 6.07) is 1.78. The zero-order valence-corrected chi connectivity index (χ0v) is 14.5. The number of aromatic nitrogens is 2. The van der Waals surface area contributed by atoms with Crippen LogP contribution in [0.3, 0.4) is 0 Å². The molecule has 24 heavy (non-hydrogen) atoms. The molecular formula is C17H24N4O3. The highest BCUT2D eigenvalue weighted by Gasteiger charge is 2.31. The third kappa shape index (κ3) is 3.27. The van der Waals surface area contributed by atoms with E-state index < -0.39 is 0 Å². The number of amides is 1. The van der Waals surface area contributed by atoms with Crippen molar-refractivity contribution in [2.24, 2.45) is 0 Å². The third-order valence-corrected chi connectivity index (χ3v) is 4.94. The molecule has 0 unspecified atom stereocenters. The van der Waals surface area contributed by atoms with Crippen LogP contribution in [0.2, 0.25) is 0 Å². The van der Waals surface area contributed by atoms with Gasteiger partial charge in [0.05, 0.1) is 29.9 Å². The summed E-state index contributed by atoms with van der Waals surface area (Å²) in [6.45, 7) is 10.0. The number of nitrogens with zero attached hydrogens (tertiary/aromatic N) is 3. The fraction of sp³-hybridized carbons (Fsp3) is 0.588. The number of rotatable bonds is 5. The van der Waals surface area contributed by atoms with Crippen LogP contribution < -0.4 is 5.32 Å². The molecule has 0 aliphatic carbocycles. The van der Waals surface area contributed by atoms with Gasteiger partial charge >= 0.3 is 0 Å². The molecule has 7 nitrogen and oxygen atoms in total. The largest absolute Gasteiger partial charge is 0.379 e. The first-order valence-electron chi connectivity index (χ1n) is 8.36. The Balaban J connectivity index is 1.69. The van der Waals surface area contributed by atoms with E-state index in [4.69, 9.17) is 9.26 Å². The van der Waals surface area contributed by atoms with Crippen molar-refractivity contribution in [3.63, 3.8) is 0 Å². The van der Waals surface area contributed by atoms with E-state index in [1.807, 2.05) is 6.92 Å². The maximum absolute atomic E-state index is 12.5. The number of hydrogen-bond donors (Lipinski definition) is 1. The summed E-state index contributed by atoms with van der Waals surface area (Å²) in [6.07, 6.45) is 2.48. The van der Waals surface area contributed by atoms with Crippen molar-refractivity contribution in [1.82, 2.24) is 20.4 Å². The van der Waals surface area contributed by atoms with Crippen LogP contribution in [-0.2, 0) is 4.74 Å². The van der Waals surface area contributed by atoms with Gasteiger partial charge in [0.1, 0.15) is 0 Å². The molecule has 3 heterocycles. The Morgan fingerprint density at radius 3 is 2.88 bits per heavy atom.